The first-order valence-electron chi connectivity index (χ1n) is 31.0. The molecular formula is C71H68O30. The highest BCUT2D eigenvalue weighted by atomic mass is 16.7. The van der Waals surface area contributed by atoms with Crippen LogP contribution in [0.2, 0.25) is 0 Å². The number of esters is 5. The van der Waals surface area contributed by atoms with E-state index < -0.39 is 141 Å². The molecule has 30 nitrogen and oxygen atoms in total. The van der Waals surface area contributed by atoms with Gasteiger partial charge in [0.25, 0.3) is 0 Å². The number of aliphatic hydroxyl groups is 1. The summed E-state index contributed by atoms with van der Waals surface area (Å²) in [6.45, 7) is -1.15. The van der Waals surface area contributed by atoms with E-state index in [1.165, 1.54) is 131 Å². The van der Waals surface area contributed by atoms with E-state index in [4.69, 9.17) is 109 Å². The molecular weight excluding hydrogens is 1330 g/mol. The molecule has 6 unspecified atom stereocenters. The van der Waals surface area contributed by atoms with Gasteiger partial charge in [0.1, 0.15) is 35.9 Å². The molecule has 6 aromatic carbocycles. The van der Waals surface area contributed by atoms with Gasteiger partial charge in [0.05, 0.1) is 148 Å². The average Bonchev–Trinajstić information content (AvgIpc) is 1.50. The molecule has 0 saturated carbocycles. The van der Waals surface area contributed by atoms with Crippen LogP contribution in [0.5, 0.6) is 97.7 Å². The Labute approximate surface area is 575 Å². The number of hydrogen-bond donors (Lipinski definition) is 1. The Hall–Kier alpha value is -11.6. The molecule has 30 heteroatoms. The van der Waals surface area contributed by atoms with Gasteiger partial charge < -0.3 is 114 Å². The Morgan fingerprint density at radius 2 is 0.891 bits per heavy atom. The van der Waals surface area contributed by atoms with E-state index in [0.717, 1.165) is 7.11 Å². The molecule has 1 aliphatic carbocycles. The summed E-state index contributed by atoms with van der Waals surface area (Å²) in [7, 11) is 20.3. The van der Waals surface area contributed by atoms with Crippen LogP contribution in [0.1, 0.15) is 75.7 Å². The third-order valence-electron chi connectivity index (χ3n) is 19.1. The maximum absolute atomic E-state index is 17.1. The number of aliphatic hydroxyl groups excluding tert-OH is 1. The normalized spacial score (nSPS) is 22.5. The zero-order valence-electron chi connectivity index (χ0n) is 57.4. The van der Waals surface area contributed by atoms with Gasteiger partial charge in [-0.1, -0.05) is 6.07 Å². The van der Waals surface area contributed by atoms with Crippen LogP contribution in [0.4, 0.5) is 0 Å². The molecule has 6 bridgehead atoms. The molecule has 0 aromatic heterocycles. The van der Waals surface area contributed by atoms with E-state index >= 15 is 28.8 Å². The lowest BCUT2D eigenvalue weighted by Crippen LogP contribution is -2.65. The predicted molar refractivity (Wildman–Crippen MR) is 344 cm³/mol. The Morgan fingerprint density at radius 3 is 1.41 bits per heavy atom. The third kappa shape index (κ3) is 9.67. The predicted octanol–water partition coefficient (Wildman–Crippen LogP) is 7.06. The minimum atomic E-state index is -2.65. The van der Waals surface area contributed by atoms with Gasteiger partial charge in [-0.3, -0.25) is 9.59 Å². The van der Waals surface area contributed by atoms with Crippen LogP contribution in [0, 0.1) is 5.92 Å². The number of carbonyl (C=O) groups is 6. The van der Waals surface area contributed by atoms with Gasteiger partial charge in [0, 0.05) is 57.0 Å². The van der Waals surface area contributed by atoms with Crippen molar-refractivity contribution < 1.29 is 143 Å². The van der Waals surface area contributed by atoms with Gasteiger partial charge in [-0.15, -0.1) is 0 Å². The van der Waals surface area contributed by atoms with E-state index in [9.17, 15) is 5.11 Å². The van der Waals surface area contributed by atoms with Crippen molar-refractivity contribution in [3.63, 3.8) is 0 Å². The van der Waals surface area contributed by atoms with Crippen molar-refractivity contribution >= 4 is 41.2 Å². The van der Waals surface area contributed by atoms with Crippen molar-refractivity contribution in [1.82, 2.24) is 0 Å². The van der Waals surface area contributed by atoms with Crippen molar-refractivity contribution in [3.8, 4) is 120 Å². The molecule has 9 atom stereocenters. The van der Waals surface area contributed by atoms with Crippen LogP contribution < -0.4 is 80.5 Å². The van der Waals surface area contributed by atoms with E-state index in [0.29, 0.717) is 17.1 Å². The number of ketones is 1. The summed E-state index contributed by atoms with van der Waals surface area (Å²) in [6, 6.07) is 10.0. The topological polar surface area (TPSA) is 335 Å². The Balaban J connectivity index is 1.17. The Morgan fingerprint density at radius 1 is 0.406 bits per heavy atom. The number of benzene rings is 6. The minimum absolute atomic E-state index is 0.0399. The highest BCUT2D eigenvalue weighted by Crippen LogP contribution is 2.69. The smallest absolute Gasteiger partial charge is 0.340 e. The second kappa shape index (κ2) is 25.9. The zero-order chi connectivity index (χ0) is 72.1. The third-order valence-corrected chi connectivity index (χ3v) is 19.1. The van der Waals surface area contributed by atoms with Crippen molar-refractivity contribution in [2.24, 2.45) is 5.92 Å². The highest BCUT2D eigenvalue weighted by molar-refractivity contribution is 6.23. The number of cyclic esters (lactones) is 1. The minimum Gasteiger partial charge on any atom is -0.496 e. The first kappa shape index (κ1) is 68.0. The summed E-state index contributed by atoms with van der Waals surface area (Å²) in [4.78, 5) is 98.7. The molecule has 6 aromatic rings. The van der Waals surface area contributed by atoms with Crippen LogP contribution >= 0.6 is 0 Å². The zero-order valence-corrected chi connectivity index (χ0v) is 57.4. The number of fused-ring (bicyclic) bond motifs is 9. The molecule has 7 heterocycles. The fourth-order valence-electron chi connectivity index (χ4n) is 15.1. The number of ether oxygens (including phenoxy) is 23. The van der Waals surface area contributed by atoms with Crippen LogP contribution in [0.15, 0.2) is 48.2 Å². The van der Waals surface area contributed by atoms with Gasteiger partial charge in [-0.25, -0.2) is 19.2 Å². The second-order valence-corrected chi connectivity index (χ2v) is 23.4. The number of hydrogen-bond acceptors (Lipinski definition) is 30. The maximum atomic E-state index is 17.1. The summed E-state index contributed by atoms with van der Waals surface area (Å²) < 4.78 is 143. The summed E-state index contributed by atoms with van der Waals surface area (Å²) in [6.07, 6.45) is -11.9. The molecule has 0 radical (unpaired) electrons. The van der Waals surface area contributed by atoms with Crippen molar-refractivity contribution in [2.75, 3.05) is 120 Å². The summed E-state index contributed by atoms with van der Waals surface area (Å²) in [5.74, 6) is -14.2. The fraction of sp³-hybridized carbons (Fsp3) is 0.380. The van der Waals surface area contributed by atoms with E-state index in [1.54, 1.807) is 18.2 Å². The lowest BCUT2D eigenvalue weighted by Gasteiger charge is -2.47. The number of carbonyl (C=O) groups excluding carboxylic acids is 6. The standard InChI is InChI=1S/C71H68O30/c1-79-32-18-17-26(19-34(32)80-2)50-31(72)20-27-33(96-50)24-35-43(51(27)84-6)48-62-64-55-39(25-95-66(74)28-21-36(81-3)52(85-7)56(88-10)40(28)41-29(68(76)98-55)22-37(82-4)53(86-8)57(41)89-11)97-67(75)30-23-38(83-5)54(87-9)58(90-12)42(30)44-46(69(77)100-64)45(60(92-14)63(94-16)59(44)91-13)47-49(70(78)99-62)71(48,101-35)65(73)61(47)93-15/h17-19,21-24,31,39,48-50,55,62,64,72H,20,25H2,1-16H3/t31-,39?,48-,49?,50+,55?,62?,64?,71?/m0/s1. The lowest BCUT2D eigenvalue weighted by atomic mass is 9.66. The maximum Gasteiger partial charge on any atom is 0.340 e. The first-order valence-corrected chi connectivity index (χ1v) is 31.0. The average molecular weight is 1400 g/mol. The van der Waals surface area contributed by atoms with E-state index in [2.05, 4.69) is 0 Å². The van der Waals surface area contributed by atoms with Gasteiger partial charge in [0.2, 0.25) is 34.4 Å². The summed E-state index contributed by atoms with van der Waals surface area (Å²) in [5, 5.41) is 12.3. The molecule has 101 heavy (non-hydrogen) atoms. The van der Waals surface area contributed by atoms with E-state index in [-0.39, 0.29) is 120 Å². The molecule has 0 amide bonds. The number of Topliss-reactive ketones (excluding diaryl/α,β-unsaturated/α-hetero) is 1. The van der Waals surface area contributed by atoms with Gasteiger partial charge in [-0.2, -0.15) is 0 Å². The number of methoxy groups -OCH3 is 16. The molecule has 1 saturated heterocycles. The number of rotatable bonds is 17. The van der Waals surface area contributed by atoms with Gasteiger partial charge in [0.15, 0.2) is 87.7 Å². The molecule has 14 rings (SSSR count). The molecule has 1 N–H and O–H groups in total. The van der Waals surface area contributed by atoms with E-state index in [1.807, 2.05) is 0 Å². The van der Waals surface area contributed by atoms with Crippen LogP contribution in [0.25, 0.3) is 27.8 Å². The van der Waals surface area contributed by atoms with Crippen LogP contribution in [-0.2, 0) is 44.4 Å². The lowest BCUT2D eigenvalue weighted by molar-refractivity contribution is -0.200. The Bertz CT molecular complexity index is 4550. The fourth-order valence-corrected chi connectivity index (χ4v) is 15.1. The summed E-state index contributed by atoms with van der Waals surface area (Å²) >= 11 is 0. The van der Waals surface area contributed by atoms with Crippen LogP contribution in [0.3, 0.4) is 0 Å². The van der Waals surface area contributed by atoms with Gasteiger partial charge >= 0.3 is 29.8 Å². The summed E-state index contributed by atoms with van der Waals surface area (Å²) in [5.41, 5.74) is -6.24. The van der Waals surface area contributed by atoms with Crippen molar-refractivity contribution in [1.29, 1.82) is 0 Å². The molecule has 532 valence electrons. The van der Waals surface area contributed by atoms with Crippen molar-refractivity contribution in [3.05, 3.63) is 92.7 Å². The monoisotopic (exact) mass is 1400 g/mol. The molecule has 1 fully saturated rings. The van der Waals surface area contributed by atoms with Crippen molar-refractivity contribution in [2.45, 2.75) is 54.6 Å². The molecule has 7 aliphatic heterocycles. The Kier molecular flexibility index (Phi) is 17.5. The molecule has 1 spiro atoms. The van der Waals surface area contributed by atoms with Gasteiger partial charge in [-0.05, 0) is 35.9 Å². The SMILES string of the molecule is COC1=C2c3c(OC)c(OC)c(OC)c4c3C(=O)OC(C3OC(=O)c5cc(OC)c(OC)c(OC)c5-c5c(cc(OC)c(OC)c5OC)C(=O)OCC3OC(=O)c3cc(OC)c(OC)c(OC)c3-4)C3OC(=O)C2C2(Oc4cc5c(c(OC)c4[C@@H]32)C[C@H](O)[C@@H](c2ccc(OC)c(OC)c2)O5)C1=O. The first-order chi connectivity index (χ1) is 48.8. The highest BCUT2D eigenvalue weighted by Gasteiger charge is 2.76. The van der Waals surface area contributed by atoms with Crippen LogP contribution in [-0.4, -0.2) is 197 Å². The second-order valence-electron chi connectivity index (χ2n) is 23.4. The largest absolute Gasteiger partial charge is 0.496 e. The quantitative estimate of drug-likeness (QED) is 0.0705. The molecule has 8 aliphatic rings.